The van der Waals surface area contributed by atoms with Gasteiger partial charge in [-0.2, -0.15) is 0 Å². The van der Waals surface area contributed by atoms with Gasteiger partial charge in [-0.1, -0.05) is 13.8 Å². The molecule has 0 aliphatic carbocycles. The Balaban J connectivity index is 2.53. The van der Waals surface area contributed by atoms with Crippen molar-refractivity contribution in [1.82, 2.24) is 4.98 Å². The van der Waals surface area contributed by atoms with Crippen LogP contribution >= 0.6 is 0 Å². The molecule has 19 heavy (non-hydrogen) atoms. The maximum absolute atomic E-state index is 13.2. The predicted molar refractivity (Wildman–Crippen MR) is 68.4 cm³/mol. The quantitative estimate of drug-likeness (QED) is 0.723. The molecule has 100 valence electrons. The SMILES string of the molecule is Cc1cc(C(C)C)ncc1-c1cc(F)c(F)c(F)c1. The molecule has 0 fully saturated rings. The van der Waals surface area contributed by atoms with E-state index in [4.69, 9.17) is 0 Å². The fraction of sp³-hybridized carbons (Fsp3) is 0.267. The number of halogens is 3. The highest BCUT2D eigenvalue weighted by Crippen LogP contribution is 2.27. The van der Waals surface area contributed by atoms with Crippen LogP contribution in [-0.4, -0.2) is 4.98 Å². The Morgan fingerprint density at radius 1 is 1.00 bits per heavy atom. The topological polar surface area (TPSA) is 12.9 Å². The molecule has 0 saturated carbocycles. The lowest BCUT2D eigenvalue weighted by atomic mass is 9.99. The van der Waals surface area contributed by atoms with Crippen LogP contribution in [0.4, 0.5) is 13.2 Å². The zero-order valence-corrected chi connectivity index (χ0v) is 11.0. The standard InChI is InChI=1S/C15H14F3N/c1-8(2)14-4-9(3)11(7-19-14)10-5-12(16)15(18)13(17)6-10/h4-8H,1-3H3. The molecule has 4 heteroatoms. The molecular weight excluding hydrogens is 251 g/mol. The average Bonchev–Trinajstić information content (AvgIpc) is 2.35. The van der Waals surface area contributed by atoms with Crippen LogP contribution in [0.3, 0.4) is 0 Å². The highest BCUT2D eigenvalue weighted by atomic mass is 19.2. The van der Waals surface area contributed by atoms with Gasteiger partial charge in [-0.3, -0.25) is 4.98 Å². The summed E-state index contributed by atoms with van der Waals surface area (Å²) in [5.41, 5.74) is 2.65. The van der Waals surface area contributed by atoms with E-state index in [0.29, 0.717) is 5.56 Å². The summed E-state index contributed by atoms with van der Waals surface area (Å²) in [7, 11) is 0. The van der Waals surface area contributed by atoms with Crippen molar-refractivity contribution in [2.45, 2.75) is 26.7 Å². The van der Waals surface area contributed by atoms with Gasteiger partial charge < -0.3 is 0 Å². The van der Waals surface area contributed by atoms with Gasteiger partial charge in [0.1, 0.15) is 0 Å². The smallest absolute Gasteiger partial charge is 0.194 e. The van der Waals surface area contributed by atoms with Gasteiger partial charge in [0.2, 0.25) is 0 Å². The molecule has 0 amide bonds. The second-order valence-electron chi connectivity index (χ2n) is 4.83. The summed E-state index contributed by atoms with van der Waals surface area (Å²) in [5, 5.41) is 0. The molecule has 1 aromatic carbocycles. The first-order valence-electron chi connectivity index (χ1n) is 6.01. The van der Waals surface area contributed by atoms with Crippen molar-refractivity contribution in [3.63, 3.8) is 0 Å². The summed E-state index contributed by atoms with van der Waals surface area (Å²) < 4.78 is 39.4. The fourth-order valence-electron chi connectivity index (χ4n) is 1.91. The number of nitrogens with zero attached hydrogens (tertiary/aromatic N) is 1. The molecule has 0 spiro atoms. The maximum Gasteiger partial charge on any atom is 0.194 e. The van der Waals surface area contributed by atoms with Crippen molar-refractivity contribution in [3.8, 4) is 11.1 Å². The summed E-state index contributed by atoms with van der Waals surface area (Å²) in [6.07, 6.45) is 1.57. The van der Waals surface area contributed by atoms with Gasteiger partial charge >= 0.3 is 0 Å². The second-order valence-corrected chi connectivity index (χ2v) is 4.83. The Bertz CT molecular complexity index is 598. The molecule has 1 heterocycles. The van der Waals surface area contributed by atoms with Gasteiger partial charge in [0.05, 0.1) is 0 Å². The lowest BCUT2D eigenvalue weighted by molar-refractivity contribution is 0.447. The molecule has 1 aromatic heterocycles. The maximum atomic E-state index is 13.2. The monoisotopic (exact) mass is 265 g/mol. The van der Waals surface area contributed by atoms with E-state index in [1.54, 1.807) is 6.20 Å². The Morgan fingerprint density at radius 3 is 2.05 bits per heavy atom. The molecule has 0 radical (unpaired) electrons. The Hall–Kier alpha value is -1.84. The van der Waals surface area contributed by atoms with Crippen LogP contribution < -0.4 is 0 Å². The van der Waals surface area contributed by atoms with Crippen LogP contribution in [0.5, 0.6) is 0 Å². The van der Waals surface area contributed by atoms with E-state index in [1.165, 1.54) is 0 Å². The number of hydrogen-bond acceptors (Lipinski definition) is 1. The molecule has 0 N–H and O–H groups in total. The number of hydrogen-bond donors (Lipinski definition) is 0. The van der Waals surface area contributed by atoms with Crippen LogP contribution in [0.15, 0.2) is 24.4 Å². The molecule has 0 bridgehead atoms. The molecule has 0 aliphatic rings. The minimum atomic E-state index is -1.45. The molecular formula is C15H14F3N. The fourth-order valence-corrected chi connectivity index (χ4v) is 1.91. The van der Waals surface area contributed by atoms with E-state index in [-0.39, 0.29) is 11.5 Å². The van der Waals surface area contributed by atoms with Crippen molar-refractivity contribution in [3.05, 3.63) is 53.1 Å². The summed E-state index contributed by atoms with van der Waals surface area (Å²) in [4.78, 5) is 4.26. The van der Waals surface area contributed by atoms with Crippen molar-refractivity contribution in [2.75, 3.05) is 0 Å². The van der Waals surface area contributed by atoms with E-state index >= 15 is 0 Å². The molecule has 1 nitrogen and oxygen atoms in total. The van der Waals surface area contributed by atoms with Crippen molar-refractivity contribution in [2.24, 2.45) is 0 Å². The summed E-state index contributed by atoms with van der Waals surface area (Å²) in [6, 6.07) is 3.84. The first-order valence-corrected chi connectivity index (χ1v) is 6.01. The van der Waals surface area contributed by atoms with Gasteiger partial charge in [-0.05, 0) is 42.2 Å². The Labute approximate surface area is 110 Å². The highest BCUT2D eigenvalue weighted by Gasteiger charge is 2.13. The van der Waals surface area contributed by atoms with E-state index in [9.17, 15) is 13.2 Å². The largest absolute Gasteiger partial charge is 0.260 e. The number of aryl methyl sites for hydroxylation is 1. The van der Waals surface area contributed by atoms with Gasteiger partial charge in [-0.15, -0.1) is 0 Å². The van der Waals surface area contributed by atoms with Crippen molar-refractivity contribution < 1.29 is 13.2 Å². The van der Waals surface area contributed by atoms with Crippen LogP contribution in [0, 0.1) is 24.4 Å². The first kappa shape index (κ1) is 13.6. The van der Waals surface area contributed by atoms with Crippen molar-refractivity contribution >= 4 is 0 Å². The minimum Gasteiger partial charge on any atom is -0.260 e. The third kappa shape index (κ3) is 2.62. The normalized spacial score (nSPS) is 11.1. The lowest BCUT2D eigenvalue weighted by Crippen LogP contribution is -1.97. The molecule has 0 unspecified atom stereocenters. The highest BCUT2D eigenvalue weighted by molar-refractivity contribution is 5.66. The summed E-state index contributed by atoms with van der Waals surface area (Å²) in [6.45, 7) is 5.86. The van der Waals surface area contributed by atoms with Gasteiger partial charge in [0, 0.05) is 17.5 Å². The van der Waals surface area contributed by atoms with Gasteiger partial charge in [0.15, 0.2) is 17.5 Å². The predicted octanol–water partition coefficient (Wildman–Crippen LogP) is 4.60. The van der Waals surface area contributed by atoms with Crippen LogP contribution in [0.1, 0.15) is 31.0 Å². The molecule has 2 aromatic rings. The number of rotatable bonds is 2. The Kier molecular flexibility index (Phi) is 3.60. The molecule has 0 aliphatic heterocycles. The van der Waals surface area contributed by atoms with Crippen LogP contribution in [0.2, 0.25) is 0 Å². The van der Waals surface area contributed by atoms with E-state index in [0.717, 1.165) is 23.4 Å². The van der Waals surface area contributed by atoms with Gasteiger partial charge in [-0.25, -0.2) is 13.2 Å². The van der Waals surface area contributed by atoms with E-state index in [2.05, 4.69) is 4.98 Å². The van der Waals surface area contributed by atoms with Crippen LogP contribution in [-0.2, 0) is 0 Å². The third-order valence-electron chi connectivity index (χ3n) is 3.02. The average molecular weight is 265 g/mol. The second kappa shape index (κ2) is 5.03. The van der Waals surface area contributed by atoms with E-state index < -0.39 is 17.5 Å². The molecule has 2 rings (SSSR count). The zero-order chi connectivity index (χ0) is 14.2. The van der Waals surface area contributed by atoms with Crippen LogP contribution in [0.25, 0.3) is 11.1 Å². The van der Waals surface area contributed by atoms with Crippen molar-refractivity contribution in [1.29, 1.82) is 0 Å². The van der Waals surface area contributed by atoms with Gasteiger partial charge in [0.25, 0.3) is 0 Å². The summed E-state index contributed by atoms with van der Waals surface area (Å²) in [5.74, 6) is -3.56. The third-order valence-corrected chi connectivity index (χ3v) is 3.02. The van der Waals surface area contributed by atoms with E-state index in [1.807, 2.05) is 26.8 Å². The lowest BCUT2D eigenvalue weighted by Gasteiger charge is -2.10. The Morgan fingerprint density at radius 2 is 1.58 bits per heavy atom. The first-order chi connectivity index (χ1) is 8.90. The molecule has 0 atom stereocenters. The molecule has 0 saturated heterocycles. The summed E-state index contributed by atoms with van der Waals surface area (Å²) >= 11 is 0. The number of aromatic nitrogens is 1. The number of benzene rings is 1. The zero-order valence-electron chi connectivity index (χ0n) is 11.0. The number of pyridine rings is 1. The minimum absolute atomic E-state index is 0.273.